The minimum absolute atomic E-state index is 0.0947. The fourth-order valence-electron chi connectivity index (χ4n) is 1.80. The predicted octanol–water partition coefficient (Wildman–Crippen LogP) is 2.02. The van der Waals surface area contributed by atoms with Gasteiger partial charge >= 0.3 is 0 Å². The van der Waals surface area contributed by atoms with E-state index in [2.05, 4.69) is 4.98 Å². The van der Waals surface area contributed by atoms with E-state index >= 15 is 0 Å². The molecule has 0 radical (unpaired) electrons. The van der Waals surface area contributed by atoms with Crippen molar-refractivity contribution in [1.82, 2.24) is 9.55 Å². The highest BCUT2D eigenvalue weighted by molar-refractivity contribution is 5.33. The molecule has 4 heteroatoms. The fraction of sp³-hybridized carbons (Fsp3) is 0.308. The molecule has 1 aromatic heterocycles. The highest BCUT2D eigenvalue weighted by atomic mass is 16.5. The van der Waals surface area contributed by atoms with Crippen LogP contribution in [0.2, 0.25) is 0 Å². The van der Waals surface area contributed by atoms with Gasteiger partial charge in [0.05, 0.1) is 0 Å². The zero-order valence-corrected chi connectivity index (χ0v) is 10.1. The zero-order valence-electron chi connectivity index (χ0n) is 10.1. The molecule has 0 saturated heterocycles. The smallest absolute Gasteiger partial charge is 0.153 e. The molecule has 2 aromatic rings. The van der Waals surface area contributed by atoms with E-state index in [1.165, 1.54) is 0 Å². The molecule has 0 aliphatic carbocycles. The summed E-state index contributed by atoms with van der Waals surface area (Å²) in [6.45, 7) is 2.46. The van der Waals surface area contributed by atoms with Crippen LogP contribution < -0.4 is 10.5 Å². The number of imidazole rings is 1. The van der Waals surface area contributed by atoms with Crippen molar-refractivity contribution in [2.24, 2.45) is 12.8 Å². The van der Waals surface area contributed by atoms with E-state index in [4.69, 9.17) is 10.5 Å². The average molecular weight is 231 g/mol. The van der Waals surface area contributed by atoms with Crippen LogP contribution in [-0.4, -0.2) is 9.55 Å². The lowest BCUT2D eigenvalue weighted by atomic mass is 10.2. The Kier molecular flexibility index (Phi) is 3.44. The second-order valence-corrected chi connectivity index (χ2v) is 3.97. The first-order valence-corrected chi connectivity index (χ1v) is 5.64. The molecule has 1 atom stereocenters. The van der Waals surface area contributed by atoms with Crippen LogP contribution in [0.5, 0.6) is 5.75 Å². The summed E-state index contributed by atoms with van der Waals surface area (Å²) >= 11 is 0. The number of para-hydroxylation sites is 1. The second-order valence-electron chi connectivity index (χ2n) is 3.97. The van der Waals surface area contributed by atoms with Crippen molar-refractivity contribution in [1.29, 1.82) is 0 Å². The molecule has 0 aliphatic rings. The summed E-state index contributed by atoms with van der Waals surface area (Å²) in [6.07, 6.45) is 3.58. The molecule has 17 heavy (non-hydrogen) atoms. The molecular weight excluding hydrogens is 214 g/mol. The van der Waals surface area contributed by atoms with Gasteiger partial charge in [-0.15, -0.1) is 0 Å². The molecule has 0 fully saturated rings. The second kappa shape index (κ2) is 5.01. The molecule has 0 saturated carbocycles. The van der Waals surface area contributed by atoms with Crippen LogP contribution in [0.15, 0.2) is 36.7 Å². The van der Waals surface area contributed by atoms with Gasteiger partial charge in [0.2, 0.25) is 0 Å². The zero-order chi connectivity index (χ0) is 12.3. The first kappa shape index (κ1) is 11.7. The lowest BCUT2D eigenvalue weighted by Crippen LogP contribution is -2.11. The molecule has 0 aliphatic heterocycles. The van der Waals surface area contributed by atoms with Gasteiger partial charge in [-0.1, -0.05) is 18.2 Å². The third kappa shape index (κ3) is 2.47. The summed E-state index contributed by atoms with van der Waals surface area (Å²) in [5, 5.41) is 0. The SMILES string of the molecule is CC(Oc1ccccc1CN)c1nccn1C. The normalized spacial score (nSPS) is 12.4. The van der Waals surface area contributed by atoms with Crippen LogP contribution in [0, 0.1) is 0 Å². The number of nitrogens with zero attached hydrogens (tertiary/aromatic N) is 2. The van der Waals surface area contributed by atoms with Crippen LogP contribution in [0.25, 0.3) is 0 Å². The Balaban J connectivity index is 2.18. The van der Waals surface area contributed by atoms with E-state index in [9.17, 15) is 0 Å². The van der Waals surface area contributed by atoms with Crippen molar-refractivity contribution in [3.8, 4) is 5.75 Å². The molecule has 1 heterocycles. The molecule has 2 rings (SSSR count). The van der Waals surface area contributed by atoms with E-state index in [0.29, 0.717) is 6.54 Å². The van der Waals surface area contributed by atoms with Crippen molar-refractivity contribution in [3.63, 3.8) is 0 Å². The van der Waals surface area contributed by atoms with E-state index in [-0.39, 0.29) is 6.10 Å². The van der Waals surface area contributed by atoms with Gasteiger partial charge in [-0.25, -0.2) is 4.98 Å². The van der Waals surface area contributed by atoms with Crippen LogP contribution in [0.4, 0.5) is 0 Å². The Bertz CT molecular complexity index is 493. The van der Waals surface area contributed by atoms with Crippen molar-refractivity contribution in [3.05, 3.63) is 48.0 Å². The Morgan fingerprint density at radius 2 is 2.18 bits per heavy atom. The van der Waals surface area contributed by atoms with E-state index in [0.717, 1.165) is 17.1 Å². The molecule has 90 valence electrons. The maximum Gasteiger partial charge on any atom is 0.153 e. The molecule has 1 aromatic carbocycles. The van der Waals surface area contributed by atoms with Gasteiger partial charge in [0.15, 0.2) is 6.10 Å². The van der Waals surface area contributed by atoms with Crippen LogP contribution in [0.1, 0.15) is 24.4 Å². The van der Waals surface area contributed by atoms with Gasteiger partial charge < -0.3 is 15.0 Å². The minimum atomic E-state index is -0.0947. The topological polar surface area (TPSA) is 53.1 Å². The van der Waals surface area contributed by atoms with Crippen LogP contribution in [-0.2, 0) is 13.6 Å². The van der Waals surface area contributed by atoms with Gasteiger partial charge in [0, 0.05) is 31.5 Å². The number of benzene rings is 1. The molecular formula is C13H17N3O. The molecule has 0 spiro atoms. The summed E-state index contributed by atoms with van der Waals surface area (Å²) in [5.41, 5.74) is 6.68. The van der Waals surface area contributed by atoms with Crippen molar-refractivity contribution >= 4 is 0 Å². The van der Waals surface area contributed by atoms with Gasteiger partial charge in [-0.3, -0.25) is 0 Å². The number of aryl methyl sites for hydroxylation is 1. The molecule has 0 bridgehead atoms. The fourth-order valence-corrected chi connectivity index (χ4v) is 1.80. The number of hydrogen-bond donors (Lipinski definition) is 1. The van der Waals surface area contributed by atoms with Crippen molar-refractivity contribution in [2.45, 2.75) is 19.6 Å². The quantitative estimate of drug-likeness (QED) is 0.875. The van der Waals surface area contributed by atoms with Gasteiger partial charge in [-0.2, -0.15) is 0 Å². The monoisotopic (exact) mass is 231 g/mol. The van der Waals surface area contributed by atoms with Crippen molar-refractivity contribution in [2.75, 3.05) is 0 Å². The van der Waals surface area contributed by atoms with E-state index in [1.807, 2.05) is 49.0 Å². The summed E-state index contributed by atoms with van der Waals surface area (Å²) in [5.74, 6) is 1.72. The predicted molar refractivity (Wildman–Crippen MR) is 66.6 cm³/mol. The first-order chi connectivity index (χ1) is 8.22. The first-order valence-electron chi connectivity index (χ1n) is 5.64. The van der Waals surface area contributed by atoms with Crippen LogP contribution in [0.3, 0.4) is 0 Å². The Morgan fingerprint density at radius 1 is 1.41 bits per heavy atom. The van der Waals surface area contributed by atoms with Gasteiger partial charge in [0.1, 0.15) is 11.6 Å². The average Bonchev–Trinajstić information content (AvgIpc) is 2.76. The van der Waals surface area contributed by atoms with E-state index < -0.39 is 0 Å². The lowest BCUT2D eigenvalue weighted by Gasteiger charge is -2.16. The number of aromatic nitrogens is 2. The van der Waals surface area contributed by atoms with Crippen molar-refractivity contribution < 1.29 is 4.74 Å². The molecule has 1 unspecified atom stereocenters. The van der Waals surface area contributed by atoms with Gasteiger partial charge in [-0.05, 0) is 13.0 Å². The van der Waals surface area contributed by atoms with Gasteiger partial charge in [0.25, 0.3) is 0 Å². The summed E-state index contributed by atoms with van der Waals surface area (Å²) in [7, 11) is 1.96. The maximum atomic E-state index is 5.90. The summed E-state index contributed by atoms with van der Waals surface area (Å²) in [4.78, 5) is 4.27. The highest BCUT2D eigenvalue weighted by Gasteiger charge is 2.13. The summed E-state index contributed by atoms with van der Waals surface area (Å²) in [6, 6.07) is 7.81. The summed E-state index contributed by atoms with van der Waals surface area (Å²) < 4.78 is 7.85. The standard InChI is InChI=1S/C13H17N3O/c1-10(13-15-7-8-16(13)2)17-12-6-4-3-5-11(12)9-14/h3-8,10H,9,14H2,1-2H3. The maximum absolute atomic E-state index is 5.90. The molecule has 4 nitrogen and oxygen atoms in total. The number of ether oxygens (including phenoxy) is 1. The molecule has 0 amide bonds. The number of rotatable bonds is 4. The number of hydrogen-bond acceptors (Lipinski definition) is 3. The highest BCUT2D eigenvalue weighted by Crippen LogP contribution is 2.23. The largest absolute Gasteiger partial charge is 0.482 e. The number of nitrogens with two attached hydrogens (primary N) is 1. The Labute approximate surface area is 101 Å². The van der Waals surface area contributed by atoms with E-state index in [1.54, 1.807) is 6.20 Å². The lowest BCUT2D eigenvalue weighted by molar-refractivity contribution is 0.210. The minimum Gasteiger partial charge on any atom is -0.482 e. The third-order valence-corrected chi connectivity index (χ3v) is 2.72. The Morgan fingerprint density at radius 3 is 2.82 bits per heavy atom. The van der Waals surface area contributed by atoms with Crippen LogP contribution >= 0.6 is 0 Å². The third-order valence-electron chi connectivity index (χ3n) is 2.72. The Hall–Kier alpha value is -1.81. The molecule has 2 N–H and O–H groups in total.